The Labute approximate surface area is 126 Å². The minimum atomic E-state index is 0.340. The maximum atomic E-state index is 5.97. The second-order valence-electron chi connectivity index (χ2n) is 4.83. The normalized spacial score (nSPS) is 10.9. The molecule has 0 amide bonds. The Morgan fingerprint density at radius 1 is 0.955 bits per heavy atom. The molecule has 4 aromatic rings. The maximum absolute atomic E-state index is 5.97. The molecule has 3 heterocycles. The summed E-state index contributed by atoms with van der Waals surface area (Å²) in [5, 5.41) is 0. The van der Waals surface area contributed by atoms with Gasteiger partial charge >= 0.3 is 0 Å². The van der Waals surface area contributed by atoms with Gasteiger partial charge in [0.15, 0.2) is 11.6 Å². The fourth-order valence-corrected chi connectivity index (χ4v) is 2.29. The molecule has 1 aromatic carbocycles. The van der Waals surface area contributed by atoms with E-state index in [0.717, 1.165) is 16.6 Å². The summed E-state index contributed by atoms with van der Waals surface area (Å²) in [5.74, 6) is 0.948. The van der Waals surface area contributed by atoms with Crippen molar-refractivity contribution < 1.29 is 0 Å². The lowest BCUT2D eigenvalue weighted by Gasteiger charge is -2.04. The number of fused-ring (bicyclic) bond motifs is 1. The Hall–Kier alpha value is -3.28. The summed E-state index contributed by atoms with van der Waals surface area (Å²) in [6.07, 6.45) is 5.09. The second-order valence-corrected chi connectivity index (χ2v) is 4.83. The van der Waals surface area contributed by atoms with Crippen molar-refractivity contribution in [3.63, 3.8) is 0 Å². The molecule has 0 spiro atoms. The van der Waals surface area contributed by atoms with Crippen molar-refractivity contribution in [1.82, 2.24) is 24.9 Å². The Morgan fingerprint density at radius 3 is 2.68 bits per heavy atom. The number of hydrogen-bond donors (Lipinski definition) is 2. The highest BCUT2D eigenvalue weighted by atomic mass is 15.0. The Balaban J connectivity index is 1.87. The number of aromatic amines is 1. The number of hydrogen-bond acceptors (Lipinski definition) is 5. The van der Waals surface area contributed by atoms with E-state index in [2.05, 4.69) is 24.9 Å². The summed E-state index contributed by atoms with van der Waals surface area (Å²) in [6, 6.07) is 11.6. The lowest BCUT2D eigenvalue weighted by molar-refractivity contribution is 1.17. The average Bonchev–Trinajstić information content (AvgIpc) is 3.00. The van der Waals surface area contributed by atoms with Gasteiger partial charge in [0.2, 0.25) is 0 Å². The number of nitrogen functional groups attached to an aromatic ring is 1. The summed E-state index contributed by atoms with van der Waals surface area (Å²) in [4.78, 5) is 20.7. The predicted molar refractivity (Wildman–Crippen MR) is 84.8 cm³/mol. The zero-order valence-electron chi connectivity index (χ0n) is 11.6. The van der Waals surface area contributed by atoms with Crippen molar-refractivity contribution >= 4 is 16.9 Å². The Kier molecular flexibility index (Phi) is 2.79. The van der Waals surface area contributed by atoms with Gasteiger partial charge in [0.25, 0.3) is 0 Å². The Morgan fingerprint density at radius 2 is 1.86 bits per heavy atom. The third kappa shape index (κ3) is 2.07. The molecule has 0 aliphatic heterocycles. The fraction of sp³-hybridized carbons (Fsp3) is 0. The molecular weight excluding hydrogens is 276 g/mol. The first-order valence-electron chi connectivity index (χ1n) is 6.79. The highest BCUT2D eigenvalue weighted by molar-refractivity contribution is 5.80. The van der Waals surface area contributed by atoms with Crippen molar-refractivity contribution in [2.24, 2.45) is 0 Å². The van der Waals surface area contributed by atoms with E-state index in [-0.39, 0.29) is 0 Å². The number of benzene rings is 1. The molecule has 106 valence electrons. The van der Waals surface area contributed by atoms with Gasteiger partial charge in [0, 0.05) is 18.0 Å². The van der Waals surface area contributed by atoms with Crippen LogP contribution in [-0.4, -0.2) is 24.9 Å². The maximum Gasteiger partial charge on any atom is 0.161 e. The predicted octanol–water partition coefficient (Wildman–Crippen LogP) is 2.66. The number of aromatic nitrogens is 5. The van der Waals surface area contributed by atoms with Crippen LogP contribution in [0, 0.1) is 0 Å². The number of nitrogens with two attached hydrogens (primary N) is 1. The molecule has 6 heteroatoms. The summed E-state index contributed by atoms with van der Waals surface area (Å²) in [7, 11) is 0. The van der Waals surface area contributed by atoms with Crippen LogP contribution in [0.5, 0.6) is 0 Å². The van der Waals surface area contributed by atoms with E-state index in [1.54, 1.807) is 18.6 Å². The minimum Gasteiger partial charge on any atom is -0.382 e. The zero-order valence-corrected chi connectivity index (χ0v) is 11.6. The van der Waals surface area contributed by atoms with Gasteiger partial charge in [-0.2, -0.15) is 0 Å². The molecule has 0 saturated carbocycles. The van der Waals surface area contributed by atoms with Gasteiger partial charge in [-0.1, -0.05) is 12.1 Å². The SMILES string of the molecule is Nc1ncc(-c2cccnc2)nc1-c1nc2ccccc2[nH]1. The largest absolute Gasteiger partial charge is 0.382 e. The molecule has 4 rings (SSSR count). The van der Waals surface area contributed by atoms with Crippen LogP contribution in [0.3, 0.4) is 0 Å². The summed E-state index contributed by atoms with van der Waals surface area (Å²) in [5.41, 5.74) is 9.90. The zero-order chi connectivity index (χ0) is 14.9. The molecule has 0 aliphatic rings. The molecule has 6 nitrogen and oxygen atoms in total. The van der Waals surface area contributed by atoms with Gasteiger partial charge in [0.1, 0.15) is 5.69 Å². The molecule has 3 aromatic heterocycles. The molecule has 0 fully saturated rings. The number of nitrogens with one attached hydrogen (secondary N) is 1. The van der Waals surface area contributed by atoms with Crippen LogP contribution in [0.25, 0.3) is 33.8 Å². The lowest BCUT2D eigenvalue weighted by Crippen LogP contribution is -2.00. The third-order valence-corrected chi connectivity index (χ3v) is 3.37. The van der Waals surface area contributed by atoms with Crippen LogP contribution in [0.2, 0.25) is 0 Å². The molecule has 0 bridgehead atoms. The van der Waals surface area contributed by atoms with Gasteiger partial charge in [0.05, 0.1) is 22.9 Å². The van der Waals surface area contributed by atoms with Gasteiger partial charge in [-0.25, -0.2) is 15.0 Å². The first-order valence-corrected chi connectivity index (χ1v) is 6.79. The van der Waals surface area contributed by atoms with E-state index < -0.39 is 0 Å². The van der Waals surface area contributed by atoms with Gasteiger partial charge in [-0.3, -0.25) is 4.98 Å². The molecule has 0 aliphatic carbocycles. The molecular formula is C16H12N6. The second kappa shape index (κ2) is 4.92. The number of H-pyrrole nitrogens is 1. The van der Waals surface area contributed by atoms with Crippen LogP contribution in [0.4, 0.5) is 5.82 Å². The van der Waals surface area contributed by atoms with Crippen LogP contribution in [0.15, 0.2) is 55.0 Å². The lowest BCUT2D eigenvalue weighted by atomic mass is 10.2. The van der Waals surface area contributed by atoms with Crippen LogP contribution in [0.1, 0.15) is 0 Å². The molecule has 0 atom stereocenters. The molecule has 0 saturated heterocycles. The number of pyridine rings is 1. The van der Waals surface area contributed by atoms with E-state index >= 15 is 0 Å². The fourth-order valence-electron chi connectivity index (χ4n) is 2.29. The number of rotatable bonds is 2. The number of para-hydroxylation sites is 2. The first-order chi connectivity index (χ1) is 10.8. The highest BCUT2D eigenvalue weighted by Gasteiger charge is 2.13. The average molecular weight is 288 g/mol. The van der Waals surface area contributed by atoms with Gasteiger partial charge in [-0.15, -0.1) is 0 Å². The highest BCUT2D eigenvalue weighted by Crippen LogP contribution is 2.25. The quantitative estimate of drug-likeness (QED) is 0.591. The van der Waals surface area contributed by atoms with Crippen molar-refractivity contribution in [1.29, 1.82) is 0 Å². The van der Waals surface area contributed by atoms with E-state index in [0.29, 0.717) is 23.0 Å². The topological polar surface area (TPSA) is 93.4 Å². The standard InChI is InChI=1S/C16H12N6/c17-15-14(16-21-11-5-1-2-6-12(11)22-16)20-13(9-19-15)10-4-3-7-18-8-10/h1-9H,(H2,17,19)(H,21,22). The van der Waals surface area contributed by atoms with Gasteiger partial charge in [-0.05, 0) is 24.3 Å². The van der Waals surface area contributed by atoms with Crippen molar-refractivity contribution in [2.45, 2.75) is 0 Å². The van der Waals surface area contributed by atoms with Crippen molar-refractivity contribution in [3.05, 3.63) is 55.0 Å². The molecule has 22 heavy (non-hydrogen) atoms. The van der Waals surface area contributed by atoms with E-state index in [4.69, 9.17) is 5.73 Å². The summed E-state index contributed by atoms with van der Waals surface area (Å²) < 4.78 is 0. The summed E-state index contributed by atoms with van der Waals surface area (Å²) in [6.45, 7) is 0. The van der Waals surface area contributed by atoms with E-state index in [1.807, 2.05) is 36.4 Å². The molecule has 0 unspecified atom stereocenters. The minimum absolute atomic E-state index is 0.340. The van der Waals surface area contributed by atoms with Crippen molar-refractivity contribution in [2.75, 3.05) is 5.73 Å². The van der Waals surface area contributed by atoms with E-state index in [9.17, 15) is 0 Å². The molecule has 0 radical (unpaired) electrons. The van der Waals surface area contributed by atoms with Crippen LogP contribution in [-0.2, 0) is 0 Å². The Bertz CT molecular complexity index is 912. The number of anilines is 1. The van der Waals surface area contributed by atoms with Crippen molar-refractivity contribution in [3.8, 4) is 22.8 Å². The third-order valence-electron chi connectivity index (χ3n) is 3.37. The smallest absolute Gasteiger partial charge is 0.161 e. The van der Waals surface area contributed by atoms with Crippen LogP contribution >= 0.6 is 0 Å². The van der Waals surface area contributed by atoms with Gasteiger partial charge < -0.3 is 10.7 Å². The monoisotopic (exact) mass is 288 g/mol. The van der Waals surface area contributed by atoms with E-state index in [1.165, 1.54) is 0 Å². The molecule has 3 N–H and O–H groups in total. The number of nitrogens with zero attached hydrogens (tertiary/aromatic N) is 4. The summed E-state index contributed by atoms with van der Waals surface area (Å²) >= 11 is 0. The first kappa shape index (κ1) is 12.5. The number of imidazole rings is 1. The van der Waals surface area contributed by atoms with Crippen LogP contribution < -0.4 is 5.73 Å².